The first kappa shape index (κ1) is 18.4. The summed E-state index contributed by atoms with van der Waals surface area (Å²) in [7, 11) is 0. The molecule has 136 valence electrons. The van der Waals surface area contributed by atoms with Crippen LogP contribution in [0, 0.1) is 0 Å². The van der Waals surface area contributed by atoms with Crippen LogP contribution in [0.25, 0.3) is 0 Å². The lowest BCUT2D eigenvalue weighted by Gasteiger charge is -2.26. The molecule has 1 aliphatic rings. The Hall–Kier alpha value is -1.92. The highest BCUT2D eigenvalue weighted by molar-refractivity contribution is 5.41. The Bertz CT molecular complexity index is 512. The molecule has 0 unspecified atom stereocenters. The van der Waals surface area contributed by atoms with Crippen molar-refractivity contribution in [1.82, 2.24) is 19.9 Å². The summed E-state index contributed by atoms with van der Waals surface area (Å²) in [5.41, 5.74) is 1.70. The first-order valence-electron chi connectivity index (χ1n) is 7.47. The number of anilines is 3. The highest BCUT2D eigenvalue weighted by Crippen LogP contribution is 2.16. The molecule has 0 atom stereocenters. The molecule has 0 radical (unpaired) electrons. The maximum absolute atomic E-state index is 12.2. The van der Waals surface area contributed by atoms with Gasteiger partial charge in [0.2, 0.25) is 11.9 Å². The molecule has 0 bridgehead atoms. The van der Waals surface area contributed by atoms with Crippen molar-refractivity contribution < 1.29 is 23.1 Å². The van der Waals surface area contributed by atoms with Crippen LogP contribution in [0.2, 0.25) is 0 Å². The molecule has 0 amide bonds. The average molecular weight is 351 g/mol. The van der Waals surface area contributed by atoms with Gasteiger partial charge in [-0.1, -0.05) is 0 Å². The maximum Gasteiger partial charge on any atom is 0.405 e. The van der Waals surface area contributed by atoms with Gasteiger partial charge in [0.05, 0.1) is 13.2 Å². The summed E-state index contributed by atoms with van der Waals surface area (Å²) in [6, 6.07) is 0. The fourth-order valence-electron chi connectivity index (χ4n) is 2.09. The lowest BCUT2D eigenvalue weighted by atomic mass is 10.3. The van der Waals surface area contributed by atoms with E-state index in [0.717, 1.165) is 39.3 Å². The normalized spacial score (nSPS) is 16.0. The molecule has 1 aliphatic heterocycles. The van der Waals surface area contributed by atoms with Crippen LogP contribution in [0.15, 0.2) is 0 Å². The Morgan fingerprint density at radius 1 is 1.04 bits per heavy atom. The zero-order valence-corrected chi connectivity index (χ0v) is 12.9. The summed E-state index contributed by atoms with van der Waals surface area (Å²) >= 11 is 0. The Labute approximate surface area is 136 Å². The van der Waals surface area contributed by atoms with Crippen molar-refractivity contribution in [3.05, 3.63) is 0 Å². The van der Waals surface area contributed by atoms with Crippen molar-refractivity contribution in [2.75, 3.05) is 62.1 Å². The summed E-state index contributed by atoms with van der Waals surface area (Å²) in [5, 5.41) is 13.8. The number of aromatic nitrogens is 3. The molecule has 1 saturated heterocycles. The van der Waals surface area contributed by atoms with Crippen molar-refractivity contribution >= 4 is 17.8 Å². The van der Waals surface area contributed by atoms with E-state index in [1.165, 1.54) is 0 Å². The summed E-state index contributed by atoms with van der Waals surface area (Å²) < 4.78 is 41.9. The number of hydrogen-bond donors (Lipinski definition) is 4. The number of ether oxygens (including phenoxy) is 1. The first-order valence-corrected chi connectivity index (χ1v) is 7.47. The van der Waals surface area contributed by atoms with Gasteiger partial charge in [0.1, 0.15) is 6.54 Å². The molecule has 2 rings (SSSR count). The van der Waals surface area contributed by atoms with Crippen LogP contribution in [0.5, 0.6) is 0 Å². The van der Waals surface area contributed by atoms with Gasteiger partial charge in [0.15, 0.2) is 0 Å². The standard InChI is InChI=1S/C12H20F3N7O2/c13-12(14,15)8-17-10-18-9(19-11(20-10)21-23)16-2-1-3-22-4-6-24-7-5-22/h23H,1-8H2,(H3,16,17,18,19,20,21). The third kappa shape index (κ3) is 6.68. The number of hydrogen-bond acceptors (Lipinski definition) is 9. The number of morpholine rings is 1. The third-order valence-electron chi connectivity index (χ3n) is 3.22. The molecule has 0 spiro atoms. The molecule has 0 aromatic carbocycles. The minimum Gasteiger partial charge on any atom is -0.379 e. The van der Waals surface area contributed by atoms with Gasteiger partial charge in [0, 0.05) is 19.6 Å². The summed E-state index contributed by atoms with van der Waals surface area (Å²) in [4.78, 5) is 13.5. The van der Waals surface area contributed by atoms with Gasteiger partial charge in [-0.3, -0.25) is 10.1 Å². The summed E-state index contributed by atoms with van der Waals surface area (Å²) in [6.45, 7) is 3.34. The lowest BCUT2D eigenvalue weighted by Crippen LogP contribution is -2.37. The molecule has 0 aliphatic carbocycles. The highest BCUT2D eigenvalue weighted by Gasteiger charge is 2.27. The van der Waals surface area contributed by atoms with Gasteiger partial charge in [0.25, 0.3) is 5.95 Å². The van der Waals surface area contributed by atoms with Gasteiger partial charge in [-0.15, -0.1) is 0 Å². The molecule has 0 saturated carbocycles. The molecule has 24 heavy (non-hydrogen) atoms. The van der Waals surface area contributed by atoms with Gasteiger partial charge >= 0.3 is 6.18 Å². The van der Waals surface area contributed by atoms with Crippen LogP contribution in [0.1, 0.15) is 6.42 Å². The largest absolute Gasteiger partial charge is 0.405 e. The summed E-state index contributed by atoms with van der Waals surface area (Å²) in [6.07, 6.45) is -3.59. The van der Waals surface area contributed by atoms with E-state index in [-0.39, 0.29) is 17.8 Å². The van der Waals surface area contributed by atoms with E-state index in [0.29, 0.717) is 6.54 Å². The predicted octanol–water partition coefficient (Wildman–Crippen LogP) is 0.781. The Balaban J connectivity index is 1.82. The Morgan fingerprint density at radius 2 is 1.67 bits per heavy atom. The minimum absolute atomic E-state index is 0.0770. The van der Waals surface area contributed by atoms with E-state index < -0.39 is 12.7 Å². The SMILES string of the molecule is ONc1nc(NCCCN2CCOCC2)nc(NCC(F)(F)F)n1. The summed E-state index contributed by atoms with van der Waals surface area (Å²) in [5.74, 6) is -0.451. The number of halogens is 3. The fourth-order valence-corrected chi connectivity index (χ4v) is 2.09. The number of alkyl halides is 3. The van der Waals surface area contributed by atoms with Gasteiger partial charge < -0.3 is 15.4 Å². The highest BCUT2D eigenvalue weighted by atomic mass is 19.4. The second-order valence-electron chi connectivity index (χ2n) is 5.12. The van der Waals surface area contributed by atoms with E-state index in [1.807, 2.05) is 5.32 Å². The van der Waals surface area contributed by atoms with Crippen LogP contribution >= 0.6 is 0 Å². The molecular formula is C12H20F3N7O2. The van der Waals surface area contributed by atoms with Crippen LogP contribution in [-0.4, -0.2) is 77.2 Å². The molecule has 12 heteroatoms. The molecule has 1 aromatic rings. The predicted molar refractivity (Wildman–Crippen MR) is 80.1 cm³/mol. The van der Waals surface area contributed by atoms with Gasteiger partial charge in [-0.2, -0.15) is 28.1 Å². The number of nitrogens with zero attached hydrogens (tertiary/aromatic N) is 4. The first-order chi connectivity index (χ1) is 11.5. The zero-order valence-electron chi connectivity index (χ0n) is 12.9. The average Bonchev–Trinajstić information content (AvgIpc) is 2.57. The third-order valence-corrected chi connectivity index (χ3v) is 3.22. The van der Waals surface area contributed by atoms with Crippen molar-refractivity contribution in [2.45, 2.75) is 12.6 Å². The fraction of sp³-hybridized carbons (Fsp3) is 0.750. The molecule has 1 aromatic heterocycles. The van der Waals surface area contributed by atoms with Crippen LogP contribution in [0.3, 0.4) is 0 Å². The van der Waals surface area contributed by atoms with E-state index in [9.17, 15) is 13.2 Å². The Morgan fingerprint density at radius 3 is 2.29 bits per heavy atom. The topological polar surface area (TPSA) is 107 Å². The van der Waals surface area contributed by atoms with Crippen LogP contribution in [-0.2, 0) is 4.74 Å². The second kappa shape index (κ2) is 8.80. The smallest absolute Gasteiger partial charge is 0.379 e. The van der Waals surface area contributed by atoms with Crippen molar-refractivity contribution in [1.29, 1.82) is 0 Å². The second-order valence-corrected chi connectivity index (χ2v) is 5.12. The van der Waals surface area contributed by atoms with Crippen molar-refractivity contribution in [2.24, 2.45) is 0 Å². The van der Waals surface area contributed by atoms with E-state index in [4.69, 9.17) is 9.94 Å². The number of rotatable bonds is 8. The molecule has 1 fully saturated rings. The quantitative estimate of drug-likeness (QED) is 0.399. The van der Waals surface area contributed by atoms with E-state index in [2.05, 4.69) is 25.2 Å². The molecule has 9 nitrogen and oxygen atoms in total. The molecule has 4 N–H and O–H groups in total. The van der Waals surface area contributed by atoms with Gasteiger partial charge in [-0.25, -0.2) is 5.48 Å². The van der Waals surface area contributed by atoms with Gasteiger partial charge in [-0.05, 0) is 13.0 Å². The monoisotopic (exact) mass is 351 g/mol. The lowest BCUT2D eigenvalue weighted by molar-refractivity contribution is -0.115. The van der Waals surface area contributed by atoms with Crippen LogP contribution < -0.4 is 16.1 Å². The minimum atomic E-state index is -4.40. The number of nitrogens with one attached hydrogen (secondary N) is 3. The molecule has 2 heterocycles. The van der Waals surface area contributed by atoms with Crippen molar-refractivity contribution in [3.63, 3.8) is 0 Å². The van der Waals surface area contributed by atoms with E-state index >= 15 is 0 Å². The van der Waals surface area contributed by atoms with Crippen LogP contribution in [0.4, 0.5) is 31.0 Å². The Kier molecular flexibility index (Phi) is 6.75. The molecular weight excluding hydrogens is 331 g/mol. The zero-order chi connectivity index (χ0) is 17.4. The van der Waals surface area contributed by atoms with Crippen molar-refractivity contribution in [3.8, 4) is 0 Å². The van der Waals surface area contributed by atoms with E-state index in [1.54, 1.807) is 5.48 Å². The maximum atomic E-state index is 12.2.